The van der Waals surface area contributed by atoms with Crippen LogP contribution in [0.3, 0.4) is 0 Å². The predicted octanol–water partition coefficient (Wildman–Crippen LogP) is 7.97. The van der Waals surface area contributed by atoms with Gasteiger partial charge in [0.1, 0.15) is 46.9 Å². The standard InChI is InChI=1S/C46H55ClN8O8/c1-8-23(4)37(52-46(60)62-7)43(56)54-19-25(20-61-6)15-34(54)42-49-38(40(47)53-42)27-10-12-29-28(16-27)21-63-35-18-30-26(17-31(29)35)11-13-32-39(30)50-41(48-32)33-14-9-24(5)55(33)44(57)36(22(2)3)51-45(58)59/h10-13,16-18,22-25,33-34,36-37,51H,8-9,14-15,19-21H2,1-7H3,(H,48,50)(H,49,53)(H,52,60)(H,58,59)/t23?,24-,25-,33-,34-,36?,37?/m0/s1. The first-order valence-corrected chi connectivity index (χ1v) is 22.0. The van der Waals surface area contributed by atoms with Crippen LogP contribution in [-0.2, 0) is 25.7 Å². The second-order valence-corrected chi connectivity index (χ2v) is 17.9. The van der Waals surface area contributed by atoms with Crippen LogP contribution in [0.1, 0.15) is 89.6 Å². The summed E-state index contributed by atoms with van der Waals surface area (Å²) in [4.78, 5) is 72.2. The van der Waals surface area contributed by atoms with E-state index in [0.29, 0.717) is 61.5 Å². The molecule has 0 bridgehead atoms. The van der Waals surface area contributed by atoms with E-state index in [1.807, 2.05) is 65.0 Å². The number of imidazole rings is 2. The number of carbonyl (C=O) groups is 4. The lowest BCUT2D eigenvalue weighted by atomic mass is 9.92. The summed E-state index contributed by atoms with van der Waals surface area (Å²) in [6, 6.07) is 11.8. The van der Waals surface area contributed by atoms with Crippen molar-refractivity contribution in [2.75, 3.05) is 27.4 Å². The van der Waals surface area contributed by atoms with Gasteiger partial charge < -0.3 is 49.7 Å². The summed E-state index contributed by atoms with van der Waals surface area (Å²) in [6.07, 6.45) is 0.861. The summed E-state index contributed by atoms with van der Waals surface area (Å²) in [5, 5.41) is 16.9. The molecular weight excluding hydrogens is 828 g/mol. The number of rotatable bonds is 12. The molecule has 5 aromatic rings. The number of likely N-dealkylation sites (tertiary alicyclic amines) is 2. The Morgan fingerprint density at radius 1 is 0.952 bits per heavy atom. The monoisotopic (exact) mass is 882 g/mol. The average Bonchev–Trinajstić information content (AvgIpc) is 4.07. The quantitative estimate of drug-likeness (QED) is 0.0818. The molecule has 2 saturated heterocycles. The number of hydrogen-bond acceptors (Lipinski definition) is 9. The van der Waals surface area contributed by atoms with Crippen LogP contribution >= 0.6 is 11.6 Å². The van der Waals surface area contributed by atoms with Crippen molar-refractivity contribution in [3.63, 3.8) is 0 Å². The first kappa shape index (κ1) is 43.8. The largest absolute Gasteiger partial charge is 0.488 e. The highest BCUT2D eigenvalue weighted by molar-refractivity contribution is 6.32. The molecule has 3 aliphatic rings. The van der Waals surface area contributed by atoms with Gasteiger partial charge in [0.25, 0.3) is 0 Å². The van der Waals surface area contributed by atoms with Gasteiger partial charge in [-0.3, -0.25) is 9.59 Å². The third kappa shape index (κ3) is 8.26. The number of ether oxygens (including phenoxy) is 3. The highest BCUT2D eigenvalue weighted by Crippen LogP contribution is 2.45. The first-order valence-electron chi connectivity index (χ1n) is 21.6. The van der Waals surface area contributed by atoms with Crippen molar-refractivity contribution in [2.24, 2.45) is 17.8 Å². The van der Waals surface area contributed by atoms with E-state index in [9.17, 15) is 24.3 Å². The van der Waals surface area contributed by atoms with Gasteiger partial charge in [-0.25, -0.2) is 19.6 Å². The number of nitrogens with one attached hydrogen (secondary N) is 4. The van der Waals surface area contributed by atoms with Crippen LogP contribution < -0.4 is 15.4 Å². The second kappa shape index (κ2) is 17.7. The molecule has 8 rings (SSSR count). The molecule has 334 valence electrons. The van der Waals surface area contributed by atoms with Crippen molar-refractivity contribution in [3.05, 3.63) is 64.8 Å². The molecule has 0 spiro atoms. The number of H-pyrrole nitrogens is 2. The Kier molecular flexibility index (Phi) is 12.3. The summed E-state index contributed by atoms with van der Waals surface area (Å²) < 4.78 is 16.8. The molecule has 63 heavy (non-hydrogen) atoms. The van der Waals surface area contributed by atoms with Crippen LogP contribution in [-0.4, -0.2) is 104 Å². The smallest absolute Gasteiger partial charge is 0.407 e. The van der Waals surface area contributed by atoms with Crippen LogP contribution in [0, 0.1) is 17.8 Å². The molecule has 3 unspecified atom stereocenters. The molecule has 0 saturated carbocycles. The molecule has 16 nitrogen and oxygen atoms in total. The molecule has 3 aliphatic heterocycles. The SMILES string of the molecule is CCC(C)C(NC(=O)OC)C(=O)N1C[C@@H](COC)C[C@H]1c1nc(-c2ccc3c(c2)COc2cc4c(ccc5[nH]c([C@@H]6CC[C@H](C)N6C(=O)C(NC(=O)O)C(C)C)nc54)cc2-3)c(Cl)[nH]1. The minimum absolute atomic E-state index is 0.0552. The molecule has 7 atom stereocenters. The highest BCUT2D eigenvalue weighted by Gasteiger charge is 2.43. The molecule has 4 amide bonds. The number of methoxy groups -OCH3 is 2. The molecule has 3 aromatic carbocycles. The maximum absolute atomic E-state index is 14.2. The molecule has 0 aliphatic carbocycles. The maximum atomic E-state index is 14.2. The van der Waals surface area contributed by atoms with Crippen LogP contribution in [0.4, 0.5) is 9.59 Å². The van der Waals surface area contributed by atoms with Crippen molar-refractivity contribution in [2.45, 2.75) is 97.1 Å². The van der Waals surface area contributed by atoms with Crippen LogP contribution in [0.15, 0.2) is 42.5 Å². The zero-order chi connectivity index (χ0) is 44.9. The van der Waals surface area contributed by atoms with E-state index in [-0.39, 0.29) is 41.7 Å². The van der Waals surface area contributed by atoms with Crippen LogP contribution in [0.5, 0.6) is 5.75 Å². The number of benzene rings is 3. The number of fused-ring (bicyclic) bond motifs is 6. The second-order valence-electron chi connectivity index (χ2n) is 17.5. The number of nitrogens with zero attached hydrogens (tertiary/aromatic N) is 4. The summed E-state index contributed by atoms with van der Waals surface area (Å²) in [7, 11) is 2.92. The molecule has 0 radical (unpaired) electrons. The zero-order valence-electron chi connectivity index (χ0n) is 36.6. The molecule has 5 N–H and O–H groups in total. The van der Waals surface area contributed by atoms with E-state index in [1.165, 1.54) is 7.11 Å². The molecular formula is C46H55ClN8O8. The van der Waals surface area contributed by atoms with Crippen molar-refractivity contribution in [1.29, 1.82) is 0 Å². The Hall–Kier alpha value is -5.87. The lowest BCUT2D eigenvalue weighted by molar-refractivity contribution is -0.137. The third-order valence-electron chi connectivity index (χ3n) is 13.1. The molecule has 2 fully saturated rings. The van der Waals surface area contributed by atoms with Gasteiger partial charge in [-0.2, -0.15) is 0 Å². The molecule has 5 heterocycles. The van der Waals surface area contributed by atoms with Crippen molar-refractivity contribution < 1.29 is 38.5 Å². The highest BCUT2D eigenvalue weighted by atomic mass is 35.5. The number of aromatic amines is 2. The topological polar surface area (TPSA) is 204 Å². The average molecular weight is 883 g/mol. The number of hydrogen-bond donors (Lipinski definition) is 5. The van der Waals surface area contributed by atoms with Crippen LogP contribution in [0.25, 0.3) is 44.2 Å². The number of halogens is 1. The predicted molar refractivity (Wildman–Crippen MR) is 237 cm³/mol. The van der Waals surface area contributed by atoms with E-state index in [4.69, 9.17) is 35.8 Å². The molecule has 2 aromatic heterocycles. The normalized spacial score (nSPS) is 20.9. The fourth-order valence-corrected chi connectivity index (χ4v) is 9.84. The number of amides is 4. The fourth-order valence-electron chi connectivity index (χ4n) is 9.59. The van der Waals surface area contributed by atoms with Gasteiger partial charge in [0, 0.05) is 42.1 Å². The Morgan fingerprint density at radius 2 is 1.73 bits per heavy atom. The lowest BCUT2D eigenvalue weighted by Crippen LogP contribution is -2.52. The zero-order valence-corrected chi connectivity index (χ0v) is 37.3. The maximum Gasteiger partial charge on any atom is 0.407 e. The van der Waals surface area contributed by atoms with Crippen molar-refractivity contribution >= 4 is 57.4 Å². The molecule has 17 heteroatoms. The number of alkyl carbamates (subject to hydrolysis) is 1. The van der Waals surface area contributed by atoms with Crippen molar-refractivity contribution in [3.8, 4) is 28.1 Å². The Balaban J connectivity index is 1.07. The van der Waals surface area contributed by atoms with E-state index in [2.05, 4.69) is 32.7 Å². The van der Waals surface area contributed by atoms with E-state index >= 15 is 0 Å². The summed E-state index contributed by atoms with van der Waals surface area (Å²) in [6.45, 7) is 10.8. The van der Waals surface area contributed by atoms with Gasteiger partial charge in [-0.05, 0) is 78.8 Å². The van der Waals surface area contributed by atoms with Gasteiger partial charge in [0.2, 0.25) is 11.8 Å². The van der Waals surface area contributed by atoms with Gasteiger partial charge in [0.05, 0.1) is 36.8 Å². The minimum atomic E-state index is -1.23. The number of carboxylic acid groups (broad SMARTS) is 1. The summed E-state index contributed by atoms with van der Waals surface area (Å²) in [5.41, 5.74) is 5.86. The van der Waals surface area contributed by atoms with E-state index in [1.54, 1.807) is 16.9 Å². The van der Waals surface area contributed by atoms with Crippen molar-refractivity contribution in [1.82, 2.24) is 40.4 Å². The Morgan fingerprint density at radius 3 is 2.44 bits per heavy atom. The van der Waals surface area contributed by atoms with Gasteiger partial charge in [-0.1, -0.05) is 63.9 Å². The fraction of sp³-hybridized carbons (Fsp3) is 0.478. The Labute approximate surface area is 370 Å². The minimum Gasteiger partial charge on any atom is -0.488 e. The summed E-state index contributed by atoms with van der Waals surface area (Å²) in [5.74, 6) is 1.16. The van der Waals surface area contributed by atoms with Gasteiger partial charge in [-0.15, -0.1) is 0 Å². The Bertz CT molecular complexity index is 2570. The number of aromatic nitrogens is 4. The van der Waals surface area contributed by atoms with E-state index < -0.39 is 30.3 Å². The number of carbonyl (C=O) groups excluding carboxylic acids is 3. The van der Waals surface area contributed by atoms with Gasteiger partial charge >= 0.3 is 12.2 Å². The van der Waals surface area contributed by atoms with Gasteiger partial charge in [0.15, 0.2) is 0 Å². The lowest BCUT2D eigenvalue weighted by Gasteiger charge is -2.32. The third-order valence-corrected chi connectivity index (χ3v) is 13.4. The van der Waals surface area contributed by atoms with E-state index in [0.717, 1.165) is 56.2 Å². The van der Waals surface area contributed by atoms with Crippen LogP contribution in [0.2, 0.25) is 5.15 Å². The first-order chi connectivity index (χ1) is 30.2. The summed E-state index contributed by atoms with van der Waals surface area (Å²) >= 11 is 6.90.